The Morgan fingerprint density at radius 1 is 1.16 bits per heavy atom. The molecule has 0 aromatic heterocycles. The van der Waals surface area contributed by atoms with Gasteiger partial charge in [0.15, 0.2) is 0 Å². The second kappa shape index (κ2) is 8.33. The van der Waals surface area contributed by atoms with Gasteiger partial charge < -0.3 is 20.3 Å². The predicted octanol–water partition coefficient (Wildman–Crippen LogP) is 2.23. The van der Waals surface area contributed by atoms with Crippen molar-refractivity contribution in [2.45, 2.75) is 25.3 Å². The van der Waals surface area contributed by atoms with Crippen LogP contribution in [0.5, 0.6) is 5.75 Å². The summed E-state index contributed by atoms with van der Waals surface area (Å²) in [6.45, 7) is 1.81. The van der Waals surface area contributed by atoms with Crippen LogP contribution in [0.25, 0.3) is 0 Å². The fourth-order valence-corrected chi connectivity index (χ4v) is 3.98. The van der Waals surface area contributed by atoms with Gasteiger partial charge in [0.25, 0.3) is 5.91 Å². The largest absolute Gasteiger partial charge is 0.497 e. The molecule has 2 aromatic carbocycles. The number of imide groups is 1. The Kier molecular flexibility index (Phi) is 5.56. The molecule has 0 radical (unpaired) electrons. The number of rotatable bonds is 6. The first kappa shape index (κ1) is 21.4. The van der Waals surface area contributed by atoms with Gasteiger partial charge in [0.2, 0.25) is 11.8 Å². The number of urea groups is 1. The van der Waals surface area contributed by atoms with E-state index in [2.05, 4.69) is 10.6 Å². The molecule has 2 aliphatic heterocycles. The van der Waals surface area contributed by atoms with E-state index in [1.807, 2.05) is 0 Å². The van der Waals surface area contributed by atoms with Crippen LogP contribution >= 0.6 is 0 Å². The Bertz CT molecular complexity index is 1080. The summed E-state index contributed by atoms with van der Waals surface area (Å²) in [5, 5.41) is 5.38. The quantitative estimate of drug-likeness (QED) is 0.675. The monoisotopic (exact) mass is 436 g/mol. The summed E-state index contributed by atoms with van der Waals surface area (Å²) in [5.74, 6) is -0.356. The number of nitrogens with zero attached hydrogens (tertiary/aromatic N) is 2. The van der Waals surface area contributed by atoms with E-state index < -0.39 is 29.9 Å². The molecule has 0 bridgehead atoms. The summed E-state index contributed by atoms with van der Waals surface area (Å²) in [4.78, 5) is 52.7. The van der Waals surface area contributed by atoms with E-state index in [0.29, 0.717) is 35.7 Å². The molecule has 1 unspecified atom stereocenters. The van der Waals surface area contributed by atoms with Crippen LogP contribution < -0.4 is 20.3 Å². The second-order valence-corrected chi connectivity index (χ2v) is 7.92. The van der Waals surface area contributed by atoms with E-state index in [4.69, 9.17) is 4.74 Å². The van der Waals surface area contributed by atoms with E-state index >= 15 is 0 Å². The van der Waals surface area contributed by atoms with Crippen molar-refractivity contribution in [3.8, 4) is 5.75 Å². The lowest BCUT2D eigenvalue weighted by Crippen LogP contribution is -2.42. The molecule has 32 heavy (non-hydrogen) atoms. The minimum atomic E-state index is -1.28. The fraction of sp³-hybridized carbons (Fsp3) is 0.304. The van der Waals surface area contributed by atoms with Gasteiger partial charge in [-0.15, -0.1) is 0 Å². The third-order valence-corrected chi connectivity index (χ3v) is 5.76. The summed E-state index contributed by atoms with van der Waals surface area (Å²) in [5.41, 5.74) is 0.492. The predicted molar refractivity (Wildman–Crippen MR) is 117 cm³/mol. The molecule has 2 saturated heterocycles. The Hall–Kier alpha value is -3.88. The van der Waals surface area contributed by atoms with Crippen LogP contribution in [0.2, 0.25) is 0 Å². The average molecular weight is 436 g/mol. The maximum atomic E-state index is 13.0. The molecular formula is C23H24N4O5. The Balaban J connectivity index is 1.45. The van der Waals surface area contributed by atoms with Crippen molar-refractivity contribution < 1.29 is 23.9 Å². The highest BCUT2D eigenvalue weighted by molar-refractivity contribution is 6.10. The van der Waals surface area contributed by atoms with Crippen molar-refractivity contribution in [3.05, 3.63) is 54.1 Å². The molecule has 9 nitrogen and oxygen atoms in total. The molecule has 2 aliphatic rings. The number of benzene rings is 2. The molecule has 2 N–H and O–H groups in total. The van der Waals surface area contributed by atoms with E-state index in [-0.39, 0.29) is 5.91 Å². The molecule has 2 aromatic rings. The summed E-state index contributed by atoms with van der Waals surface area (Å²) in [7, 11) is 1.54. The van der Waals surface area contributed by atoms with Crippen LogP contribution in [0.4, 0.5) is 16.2 Å². The van der Waals surface area contributed by atoms with Gasteiger partial charge in [-0.05, 0) is 49.2 Å². The molecule has 1 atom stereocenters. The topological polar surface area (TPSA) is 108 Å². The third-order valence-electron chi connectivity index (χ3n) is 5.76. The van der Waals surface area contributed by atoms with Crippen LogP contribution in [0.15, 0.2) is 48.5 Å². The highest BCUT2D eigenvalue weighted by atomic mass is 16.5. The first-order valence-corrected chi connectivity index (χ1v) is 10.3. The number of hydrogen-bond acceptors (Lipinski definition) is 5. The Morgan fingerprint density at radius 2 is 1.91 bits per heavy atom. The molecular weight excluding hydrogens is 412 g/mol. The van der Waals surface area contributed by atoms with Gasteiger partial charge >= 0.3 is 6.03 Å². The zero-order chi connectivity index (χ0) is 22.9. The highest BCUT2D eigenvalue weighted by Crippen LogP contribution is 2.30. The van der Waals surface area contributed by atoms with Gasteiger partial charge in [-0.1, -0.05) is 18.2 Å². The van der Waals surface area contributed by atoms with Crippen LogP contribution in [-0.4, -0.2) is 48.9 Å². The molecule has 5 amide bonds. The van der Waals surface area contributed by atoms with Crippen molar-refractivity contribution in [1.29, 1.82) is 0 Å². The van der Waals surface area contributed by atoms with Crippen molar-refractivity contribution in [2.75, 3.05) is 30.4 Å². The van der Waals surface area contributed by atoms with Crippen LogP contribution in [0.3, 0.4) is 0 Å². The summed E-state index contributed by atoms with van der Waals surface area (Å²) in [6, 6.07) is 13.1. The number of carbonyl (C=O) groups excluding carboxylic acids is 4. The van der Waals surface area contributed by atoms with Gasteiger partial charge in [-0.25, -0.2) is 4.79 Å². The maximum Gasteiger partial charge on any atom is 0.325 e. The van der Waals surface area contributed by atoms with E-state index in [1.54, 1.807) is 60.4 Å². The Morgan fingerprint density at radius 3 is 2.56 bits per heavy atom. The van der Waals surface area contributed by atoms with Gasteiger partial charge in [0.1, 0.15) is 17.8 Å². The molecule has 0 aliphatic carbocycles. The minimum absolute atomic E-state index is 0.0469. The van der Waals surface area contributed by atoms with Crippen LogP contribution in [-0.2, 0) is 19.9 Å². The van der Waals surface area contributed by atoms with Gasteiger partial charge in [0.05, 0.1) is 7.11 Å². The van der Waals surface area contributed by atoms with Crippen molar-refractivity contribution in [2.24, 2.45) is 0 Å². The lowest BCUT2D eigenvalue weighted by Gasteiger charge is -2.22. The van der Waals surface area contributed by atoms with Crippen LogP contribution in [0, 0.1) is 0 Å². The van der Waals surface area contributed by atoms with E-state index in [0.717, 1.165) is 11.3 Å². The number of methoxy groups -OCH3 is 1. The molecule has 2 fully saturated rings. The molecule has 0 spiro atoms. The first-order valence-electron chi connectivity index (χ1n) is 10.3. The zero-order valence-corrected chi connectivity index (χ0v) is 17.9. The number of anilines is 2. The minimum Gasteiger partial charge on any atom is -0.497 e. The Labute approximate surface area is 185 Å². The number of carbonyl (C=O) groups is 4. The lowest BCUT2D eigenvalue weighted by molar-refractivity contribution is -0.133. The molecule has 0 saturated carbocycles. The summed E-state index contributed by atoms with van der Waals surface area (Å²) >= 11 is 0. The molecule has 166 valence electrons. The number of ether oxygens (including phenoxy) is 1. The lowest BCUT2D eigenvalue weighted by atomic mass is 9.92. The normalized spacial score (nSPS) is 20.5. The van der Waals surface area contributed by atoms with Crippen LogP contribution in [0.1, 0.15) is 25.3 Å². The second-order valence-electron chi connectivity index (χ2n) is 7.92. The third kappa shape index (κ3) is 3.89. The standard InChI is InChI=1S/C23H24N4O5/c1-23(15-8-10-18(32-2)11-9-15)21(30)27(22(31)25-23)14-19(28)24-16-5-3-6-17(13-16)26-12-4-7-20(26)29/h3,5-6,8-11,13H,4,7,12,14H2,1-2H3,(H,24,28)(H,25,31). The van der Waals surface area contributed by atoms with E-state index in [9.17, 15) is 19.2 Å². The van der Waals surface area contributed by atoms with Gasteiger partial charge in [-0.3, -0.25) is 19.3 Å². The smallest absolute Gasteiger partial charge is 0.325 e. The highest BCUT2D eigenvalue weighted by Gasteiger charge is 2.49. The van der Waals surface area contributed by atoms with Crippen molar-refractivity contribution in [3.63, 3.8) is 0 Å². The van der Waals surface area contributed by atoms with E-state index in [1.165, 1.54) is 7.11 Å². The summed E-state index contributed by atoms with van der Waals surface area (Å²) in [6.07, 6.45) is 1.31. The average Bonchev–Trinajstić information content (AvgIpc) is 3.31. The maximum absolute atomic E-state index is 13.0. The number of nitrogens with one attached hydrogen (secondary N) is 2. The SMILES string of the molecule is COc1ccc(C2(C)NC(=O)N(CC(=O)Nc3cccc(N4CCCC4=O)c3)C2=O)cc1. The zero-order valence-electron chi connectivity index (χ0n) is 17.9. The van der Waals surface area contributed by atoms with Crippen molar-refractivity contribution in [1.82, 2.24) is 10.2 Å². The number of hydrogen-bond donors (Lipinski definition) is 2. The van der Waals surface area contributed by atoms with Crippen molar-refractivity contribution >= 4 is 35.1 Å². The fourth-order valence-electron chi connectivity index (χ4n) is 3.98. The number of amides is 5. The van der Waals surface area contributed by atoms with Gasteiger partial charge in [-0.2, -0.15) is 0 Å². The first-order chi connectivity index (χ1) is 15.3. The molecule has 9 heteroatoms. The molecule has 4 rings (SSSR count). The summed E-state index contributed by atoms with van der Waals surface area (Å²) < 4.78 is 5.13. The van der Waals surface area contributed by atoms with Gasteiger partial charge in [0, 0.05) is 24.3 Å². The molecule has 2 heterocycles.